The number of amides is 1. The standard InChI is InChI=1S/C7H13BN4O/c1-3-12-4(5(9)13)6(10-2)11-7(12)8/h10H,3,8H2,1-2H3,(H2,9,13). The monoisotopic (exact) mass is 180 g/mol. The maximum Gasteiger partial charge on any atom is 0.269 e. The minimum Gasteiger partial charge on any atom is -0.371 e. The van der Waals surface area contributed by atoms with Crippen LogP contribution in [0.3, 0.4) is 0 Å². The van der Waals surface area contributed by atoms with Gasteiger partial charge < -0.3 is 15.6 Å². The third kappa shape index (κ3) is 1.51. The number of hydrogen-bond acceptors (Lipinski definition) is 3. The van der Waals surface area contributed by atoms with Crippen molar-refractivity contribution in [1.29, 1.82) is 0 Å². The average molecular weight is 180 g/mol. The Balaban J connectivity index is 3.32. The molecule has 1 amide bonds. The summed E-state index contributed by atoms with van der Waals surface area (Å²) < 4.78 is 1.79. The van der Waals surface area contributed by atoms with Crippen LogP contribution in [0.15, 0.2) is 0 Å². The molecule has 1 aromatic heterocycles. The molecule has 0 aliphatic carbocycles. The number of anilines is 1. The van der Waals surface area contributed by atoms with Gasteiger partial charge in [-0.1, -0.05) is 0 Å². The summed E-state index contributed by atoms with van der Waals surface area (Å²) in [5, 5.41) is 2.84. The number of carbonyl (C=O) groups is 1. The fraction of sp³-hybridized carbons (Fsp3) is 0.429. The Morgan fingerprint density at radius 2 is 2.38 bits per heavy atom. The van der Waals surface area contributed by atoms with Gasteiger partial charge in [0.1, 0.15) is 5.69 Å². The Kier molecular flexibility index (Phi) is 2.60. The Hall–Kier alpha value is -1.46. The quantitative estimate of drug-likeness (QED) is 0.544. The summed E-state index contributed by atoms with van der Waals surface area (Å²) >= 11 is 0. The van der Waals surface area contributed by atoms with E-state index in [0.717, 1.165) is 5.72 Å². The lowest BCUT2D eigenvalue weighted by Gasteiger charge is -2.04. The Labute approximate surface area is 77.7 Å². The first-order valence-corrected chi connectivity index (χ1v) is 4.16. The molecule has 1 heterocycles. The zero-order chi connectivity index (χ0) is 10.0. The van der Waals surface area contributed by atoms with E-state index in [9.17, 15) is 4.79 Å². The second kappa shape index (κ2) is 3.51. The average Bonchev–Trinajstić information content (AvgIpc) is 2.41. The number of rotatable bonds is 3. The number of primary amides is 1. The van der Waals surface area contributed by atoms with E-state index in [2.05, 4.69) is 10.3 Å². The lowest BCUT2D eigenvalue weighted by molar-refractivity contribution is 0.0992. The number of nitrogens with two attached hydrogens (primary N) is 1. The lowest BCUT2D eigenvalue weighted by atomic mass is 10.1. The van der Waals surface area contributed by atoms with Crippen LogP contribution in [-0.4, -0.2) is 30.4 Å². The van der Waals surface area contributed by atoms with Crippen LogP contribution in [-0.2, 0) is 6.54 Å². The van der Waals surface area contributed by atoms with E-state index in [4.69, 9.17) is 5.73 Å². The topological polar surface area (TPSA) is 72.9 Å². The zero-order valence-corrected chi connectivity index (χ0v) is 8.09. The summed E-state index contributed by atoms with van der Waals surface area (Å²) in [6, 6.07) is 0. The summed E-state index contributed by atoms with van der Waals surface area (Å²) in [6.07, 6.45) is 0. The molecule has 0 aliphatic rings. The van der Waals surface area contributed by atoms with Gasteiger partial charge in [0.15, 0.2) is 13.7 Å². The smallest absolute Gasteiger partial charge is 0.269 e. The van der Waals surface area contributed by atoms with Gasteiger partial charge in [-0.15, -0.1) is 0 Å². The minimum absolute atomic E-state index is 0.447. The second-order valence-corrected chi connectivity index (χ2v) is 2.71. The molecular formula is C7H13BN4O. The van der Waals surface area contributed by atoms with E-state index < -0.39 is 5.91 Å². The number of nitrogens with one attached hydrogen (secondary N) is 1. The summed E-state index contributed by atoms with van der Waals surface area (Å²) in [6.45, 7) is 2.64. The normalized spacial score (nSPS) is 10.0. The van der Waals surface area contributed by atoms with Crippen LogP contribution in [0.1, 0.15) is 17.4 Å². The highest BCUT2D eigenvalue weighted by Crippen LogP contribution is 2.09. The third-order valence-electron chi connectivity index (χ3n) is 1.94. The molecule has 0 fully saturated rings. The molecule has 0 atom stereocenters. The van der Waals surface area contributed by atoms with Crippen molar-refractivity contribution in [3.63, 3.8) is 0 Å². The highest BCUT2D eigenvalue weighted by atomic mass is 16.1. The molecule has 13 heavy (non-hydrogen) atoms. The van der Waals surface area contributed by atoms with E-state index in [0.29, 0.717) is 18.1 Å². The van der Waals surface area contributed by atoms with Gasteiger partial charge in [-0.05, 0) is 6.92 Å². The van der Waals surface area contributed by atoms with Crippen molar-refractivity contribution in [1.82, 2.24) is 9.55 Å². The van der Waals surface area contributed by atoms with Gasteiger partial charge in [0.2, 0.25) is 0 Å². The molecule has 1 aromatic rings. The molecule has 0 saturated carbocycles. The summed E-state index contributed by atoms with van der Waals surface area (Å²) in [4.78, 5) is 15.3. The van der Waals surface area contributed by atoms with Gasteiger partial charge in [-0.2, -0.15) is 0 Å². The van der Waals surface area contributed by atoms with Gasteiger partial charge in [0, 0.05) is 13.6 Å². The molecule has 1 rings (SSSR count). The SMILES string of the molecule is Bc1nc(NC)c(C(N)=O)n1CC. The number of imidazole rings is 1. The first-order valence-electron chi connectivity index (χ1n) is 4.16. The first kappa shape index (κ1) is 9.63. The van der Waals surface area contributed by atoms with Crippen molar-refractivity contribution < 1.29 is 4.79 Å². The Morgan fingerprint density at radius 1 is 1.77 bits per heavy atom. The molecule has 70 valence electrons. The summed E-state index contributed by atoms with van der Waals surface area (Å²) in [5.74, 6) is 0.0960. The van der Waals surface area contributed by atoms with Crippen molar-refractivity contribution in [3.05, 3.63) is 5.69 Å². The van der Waals surface area contributed by atoms with Gasteiger partial charge >= 0.3 is 0 Å². The molecule has 0 bridgehead atoms. The van der Waals surface area contributed by atoms with Crippen molar-refractivity contribution in [2.45, 2.75) is 13.5 Å². The van der Waals surface area contributed by atoms with Crippen molar-refractivity contribution in [2.24, 2.45) is 5.73 Å². The van der Waals surface area contributed by atoms with Crippen molar-refractivity contribution in [2.75, 3.05) is 12.4 Å². The lowest BCUT2D eigenvalue weighted by Crippen LogP contribution is -2.24. The molecule has 0 aliphatic heterocycles. The number of nitrogens with zero attached hydrogens (tertiary/aromatic N) is 2. The Morgan fingerprint density at radius 3 is 2.77 bits per heavy atom. The fourth-order valence-electron chi connectivity index (χ4n) is 1.38. The number of carbonyl (C=O) groups excluding carboxylic acids is 1. The van der Waals surface area contributed by atoms with Crippen LogP contribution >= 0.6 is 0 Å². The summed E-state index contributed by atoms with van der Waals surface area (Å²) in [5.41, 5.74) is 6.48. The molecule has 0 radical (unpaired) electrons. The predicted molar refractivity (Wildman–Crippen MR) is 54.1 cm³/mol. The number of hydrogen-bond donors (Lipinski definition) is 2. The third-order valence-corrected chi connectivity index (χ3v) is 1.94. The molecule has 6 heteroatoms. The van der Waals surface area contributed by atoms with Crippen LogP contribution in [0.25, 0.3) is 0 Å². The molecule has 0 spiro atoms. The zero-order valence-electron chi connectivity index (χ0n) is 8.09. The van der Waals surface area contributed by atoms with E-state index in [-0.39, 0.29) is 0 Å². The first-order chi connectivity index (χ1) is 6.11. The molecule has 3 N–H and O–H groups in total. The van der Waals surface area contributed by atoms with Crippen LogP contribution in [0, 0.1) is 0 Å². The second-order valence-electron chi connectivity index (χ2n) is 2.71. The largest absolute Gasteiger partial charge is 0.371 e. The predicted octanol–water partition coefficient (Wildman–Crippen LogP) is -1.70. The van der Waals surface area contributed by atoms with E-state index in [1.165, 1.54) is 0 Å². The molecule has 0 saturated heterocycles. The molecule has 0 aromatic carbocycles. The van der Waals surface area contributed by atoms with Gasteiger partial charge in [-0.25, -0.2) is 4.98 Å². The van der Waals surface area contributed by atoms with Gasteiger partial charge in [0.05, 0.1) is 5.72 Å². The fourth-order valence-corrected chi connectivity index (χ4v) is 1.38. The van der Waals surface area contributed by atoms with E-state index in [1.54, 1.807) is 11.6 Å². The maximum atomic E-state index is 11.1. The van der Waals surface area contributed by atoms with Crippen LogP contribution in [0.4, 0.5) is 5.82 Å². The minimum atomic E-state index is -0.452. The van der Waals surface area contributed by atoms with E-state index >= 15 is 0 Å². The number of aromatic nitrogens is 2. The highest BCUT2D eigenvalue weighted by molar-refractivity contribution is 6.30. The van der Waals surface area contributed by atoms with E-state index in [1.807, 2.05) is 14.8 Å². The van der Waals surface area contributed by atoms with Crippen LogP contribution in [0.5, 0.6) is 0 Å². The Bertz CT molecular complexity index is 333. The van der Waals surface area contributed by atoms with Gasteiger partial charge in [-0.3, -0.25) is 4.79 Å². The summed E-state index contributed by atoms with van der Waals surface area (Å²) in [7, 11) is 3.56. The van der Waals surface area contributed by atoms with Crippen LogP contribution < -0.4 is 16.8 Å². The molecular weight excluding hydrogens is 167 g/mol. The molecule has 5 nitrogen and oxygen atoms in total. The van der Waals surface area contributed by atoms with Gasteiger partial charge in [0.25, 0.3) is 5.91 Å². The van der Waals surface area contributed by atoms with Crippen LogP contribution in [0.2, 0.25) is 0 Å². The molecule has 0 unspecified atom stereocenters. The van der Waals surface area contributed by atoms with Crippen molar-refractivity contribution >= 4 is 25.3 Å². The van der Waals surface area contributed by atoms with Crippen molar-refractivity contribution in [3.8, 4) is 0 Å². The highest BCUT2D eigenvalue weighted by Gasteiger charge is 2.16. The maximum absolute atomic E-state index is 11.1.